The molecule has 19 heavy (non-hydrogen) atoms. The van der Waals surface area contributed by atoms with Crippen molar-refractivity contribution in [2.75, 3.05) is 6.79 Å². The zero-order valence-electron chi connectivity index (χ0n) is 9.91. The van der Waals surface area contributed by atoms with Gasteiger partial charge in [0.1, 0.15) is 5.82 Å². The molecule has 0 radical (unpaired) electrons. The van der Waals surface area contributed by atoms with Gasteiger partial charge in [0.15, 0.2) is 6.79 Å². The molecule has 2 unspecified atom stereocenters. The lowest BCUT2D eigenvalue weighted by Crippen LogP contribution is -2.42. The van der Waals surface area contributed by atoms with E-state index in [0.717, 1.165) is 11.1 Å². The molecule has 0 N–H and O–H groups in total. The Morgan fingerprint density at radius 2 is 2.16 bits per heavy atom. The quantitative estimate of drug-likeness (QED) is 0.774. The fourth-order valence-electron chi connectivity index (χ4n) is 2.19. The summed E-state index contributed by atoms with van der Waals surface area (Å²) < 4.78 is 37.3. The number of halogens is 3. The van der Waals surface area contributed by atoms with Crippen LogP contribution in [0.4, 0.5) is 8.78 Å². The van der Waals surface area contributed by atoms with Crippen LogP contribution >= 0.6 is 11.6 Å². The molecule has 1 heterocycles. The number of allylic oxidation sites excluding steroid dienone is 2. The van der Waals surface area contributed by atoms with Gasteiger partial charge in [-0.3, -0.25) is 0 Å². The van der Waals surface area contributed by atoms with Gasteiger partial charge in [-0.25, -0.2) is 8.78 Å². The highest BCUT2D eigenvalue weighted by Crippen LogP contribution is 2.46. The summed E-state index contributed by atoms with van der Waals surface area (Å²) in [7, 11) is 0. The topological polar surface area (TPSA) is 18.5 Å². The molecule has 1 fully saturated rings. The third-order valence-corrected chi connectivity index (χ3v) is 3.66. The molecule has 0 aromatic heterocycles. The fraction of sp³-hybridized carbons (Fsp3) is 0.286. The van der Waals surface area contributed by atoms with E-state index in [1.165, 1.54) is 24.3 Å². The normalized spacial score (nSPS) is 33.1. The number of fused-ring (bicyclic) bond motifs is 1. The number of hydrogen-bond acceptors (Lipinski definition) is 2. The molecule has 1 aliphatic heterocycles. The van der Waals surface area contributed by atoms with E-state index in [0.29, 0.717) is 6.42 Å². The van der Waals surface area contributed by atoms with Crippen LogP contribution in [0.3, 0.4) is 0 Å². The number of alkyl halides is 2. The molecule has 3 rings (SSSR count). The van der Waals surface area contributed by atoms with E-state index in [2.05, 4.69) is 0 Å². The molecule has 1 saturated heterocycles. The van der Waals surface area contributed by atoms with Crippen molar-refractivity contribution < 1.29 is 18.3 Å². The number of rotatable bonds is 2. The lowest BCUT2D eigenvalue weighted by molar-refractivity contribution is -0.0741. The number of benzene rings is 1. The number of ether oxygens (including phenoxy) is 2. The minimum Gasteiger partial charge on any atom is -0.324 e. The third-order valence-electron chi connectivity index (χ3n) is 3.18. The van der Waals surface area contributed by atoms with Crippen LogP contribution in [0.1, 0.15) is 5.56 Å². The first kappa shape index (κ1) is 12.8. The van der Waals surface area contributed by atoms with Crippen LogP contribution < -0.4 is 0 Å². The lowest BCUT2D eigenvalue weighted by atomic mass is 9.95. The highest BCUT2D eigenvalue weighted by Gasteiger charge is 2.57. The summed E-state index contributed by atoms with van der Waals surface area (Å²) in [4.78, 5) is 0. The molecule has 1 aromatic carbocycles. The molecule has 2 atom stereocenters. The molecular formula is C14H11ClF2O2. The Morgan fingerprint density at radius 3 is 2.95 bits per heavy atom. The maximum absolute atomic E-state index is 14.2. The lowest BCUT2D eigenvalue weighted by Gasteiger charge is -2.30. The molecule has 1 aliphatic carbocycles. The average molecular weight is 285 g/mol. The van der Waals surface area contributed by atoms with Gasteiger partial charge in [-0.2, -0.15) is 0 Å². The Morgan fingerprint density at radius 1 is 1.32 bits per heavy atom. The van der Waals surface area contributed by atoms with Crippen molar-refractivity contribution in [3.8, 4) is 0 Å². The first-order chi connectivity index (χ1) is 9.01. The summed E-state index contributed by atoms with van der Waals surface area (Å²) in [5.74, 6) is -2.45. The van der Waals surface area contributed by atoms with E-state index in [4.69, 9.17) is 21.1 Å². The minimum atomic E-state index is -2.14. The van der Waals surface area contributed by atoms with Gasteiger partial charge in [0.2, 0.25) is 5.06 Å². The fourth-order valence-corrected chi connectivity index (χ4v) is 2.50. The standard InChI is InChI=1S/C14H11ClF2O2/c15-13-8-11(4-5-14(13,17)19-9-18-13)6-10-2-1-3-12(16)7-10/h1-5,7-8H,6,9H2. The zero-order valence-corrected chi connectivity index (χ0v) is 10.7. The largest absolute Gasteiger partial charge is 0.324 e. The average Bonchev–Trinajstić information content (AvgIpc) is 2.65. The van der Waals surface area contributed by atoms with Gasteiger partial charge in [-0.15, -0.1) is 0 Å². The van der Waals surface area contributed by atoms with Crippen molar-refractivity contribution in [3.05, 3.63) is 59.4 Å². The Labute approximate surface area is 114 Å². The molecule has 2 aliphatic rings. The first-order valence-electron chi connectivity index (χ1n) is 5.82. The van der Waals surface area contributed by atoms with E-state index in [1.807, 2.05) is 0 Å². The molecule has 0 spiro atoms. The van der Waals surface area contributed by atoms with Crippen LogP contribution in [0.25, 0.3) is 0 Å². The molecule has 1 aromatic rings. The van der Waals surface area contributed by atoms with Gasteiger partial charge in [-0.1, -0.05) is 29.8 Å². The second kappa shape index (κ2) is 4.40. The molecular weight excluding hydrogens is 274 g/mol. The van der Waals surface area contributed by atoms with Crippen LogP contribution in [0.5, 0.6) is 0 Å². The second-order valence-electron chi connectivity index (χ2n) is 4.56. The van der Waals surface area contributed by atoms with Crippen molar-refractivity contribution in [1.29, 1.82) is 0 Å². The SMILES string of the molecule is Fc1cccc(CC2=CC3(Cl)OCOC3(F)C=C2)c1. The Hall–Kier alpha value is -1.23. The monoisotopic (exact) mass is 284 g/mol. The van der Waals surface area contributed by atoms with E-state index in [9.17, 15) is 8.78 Å². The van der Waals surface area contributed by atoms with E-state index < -0.39 is 10.9 Å². The maximum Gasteiger partial charge on any atom is 0.278 e. The smallest absolute Gasteiger partial charge is 0.278 e. The first-order valence-corrected chi connectivity index (χ1v) is 6.20. The van der Waals surface area contributed by atoms with Crippen molar-refractivity contribution in [1.82, 2.24) is 0 Å². The van der Waals surface area contributed by atoms with Crippen LogP contribution in [0.2, 0.25) is 0 Å². The van der Waals surface area contributed by atoms with Crippen molar-refractivity contribution >= 4 is 11.6 Å². The van der Waals surface area contributed by atoms with Gasteiger partial charge >= 0.3 is 0 Å². The Bertz CT molecular complexity index is 572. The van der Waals surface area contributed by atoms with Crippen LogP contribution in [-0.2, 0) is 15.9 Å². The van der Waals surface area contributed by atoms with Crippen molar-refractivity contribution in [2.24, 2.45) is 0 Å². The molecule has 100 valence electrons. The summed E-state index contributed by atoms with van der Waals surface area (Å²) in [6.45, 7) is -0.200. The summed E-state index contributed by atoms with van der Waals surface area (Å²) in [6.07, 6.45) is 4.75. The Balaban J connectivity index is 1.86. The molecule has 5 heteroatoms. The van der Waals surface area contributed by atoms with E-state index in [-0.39, 0.29) is 12.6 Å². The highest BCUT2D eigenvalue weighted by atomic mass is 35.5. The van der Waals surface area contributed by atoms with Crippen LogP contribution in [0, 0.1) is 5.82 Å². The van der Waals surface area contributed by atoms with Crippen molar-refractivity contribution in [3.63, 3.8) is 0 Å². The predicted octanol–water partition coefficient (Wildman–Crippen LogP) is 3.47. The van der Waals surface area contributed by atoms with Gasteiger partial charge in [-0.05, 0) is 41.8 Å². The molecule has 0 amide bonds. The molecule has 0 bridgehead atoms. The Kier molecular flexibility index (Phi) is 2.96. The van der Waals surface area contributed by atoms with Gasteiger partial charge in [0.25, 0.3) is 5.85 Å². The van der Waals surface area contributed by atoms with Crippen molar-refractivity contribution in [2.45, 2.75) is 17.3 Å². The van der Waals surface area contributed by atoms with Gasteiger partial charge in [0.05, 0.1) is 0 Å². The summed E-state index contributed by atoms with van der Waals surface area (Å²) >= 11 is 6.08. The summed E-state index contributed by atoms with van der Waals surface area (Å²) in [6, 6.07) is 6.22. The predicted molar refractivity (Wildman–Crippen MR) is 66.8 cm³/mol. The summed E-state index contributed by atoms with van der Waals surface area (Å²) in [5.41, 5.74) is 1.53. The van der Waals surface area contributed by atoms with Gasteiger partial charge in [0, 0.05) is 0 Å². The zero-order chi connectivity index (χ0) is 13.5. The van der Waals surface area contributed by atoms with Crippen LogP contribution in [0.15, 0.2) is 48.1 Å². The second-order valence-corrected chi connectivity index (χ2v) is 5.12. The third kappa shape index (κ3) is 2.20. The van der Waals surface area contributed by atoms with Gasteiger partial charge < -0.3 is 9.47 Å². The number of hydrogen-bond donors (Lipinski definition) is 0. The van der Waals surface area contributed by atoms with E-state index >= 15 is 0 Å². The highest BCUT2D eigenvalue weighted by molar-refractivity contribution is 6.25. The van der Waals surface area contributed by atoms with Crippen LogP contribution in [-0.4, -0.2) is 17.7 Å². The van der Waals surface area contributed by atoms with E-state index in [1.54, 1.807) is 18.2 Å². The molecule has 2 nitrogen and oxygen atoms in total. The summed E-state index contributed by atoms with van der Waals surface area (Å²) in [5, 5.41) is -1.63. The maximum atomic E-state index is 14.2. The minimum absolute atomic E-state index is 0.200. The molecule has 0 saturated carbocycles.